The van der Waals surface area contributed by atoms with Crippen LogP contribution in [0.5, 0.6) is 0 Å². The Kier molecular flexibility index (Phi) is 49.6. The minimum atomic E-state index is -0.800. The predicted octanol–water partition coefficient (Wildman–Crippen LogP) is 16.8. The van der Waals surface area contributed by atoms with Crippen molar-refractivity contribution in [2.24, 2.45) is 0 Å². The van der Waals surface area contributed by atoms with E-state index in [1.807, 2.05) is 0 Å². The molecule has 372 valence electrons. The molecule has 0 aromatic rings. The number of ether oxygens (including phenoxy) is 1. The zero-order valence-electron chi connectivity index (χ0n) is 42.4. The van der Waals surface area contributed by atoms with Crippen LogP contribution >= 0.6 is 0 Å². The van der Waals surface area contributed by atoms with E-state index in [0.717, 1.165) is 96.3 Å². The lowest BCUT2D eigenvalue weighted by Crippen LogP contribution is -2.46. The molecule has 0 saturated carbocycles. The van der Waals surface area contributed by atoms with Gasteiger partial charge in [-0.05, 0) is 70.6 Å². The van der Waals surface area contributed by atoms with E-state index in [-0.39, 0.29) is 24.9 Å². The van der Waals surface area contributed by atoms with Crippen molar-refractivity contribution in [3.63, 3.8) is 0 Å². The number of esters is 1. The molecule has 6 heteroatoms. The molecule has 0 radical (unpaired) electrons. The molecule has 0 bridgehead atoms. The fourth-order valence-electron chi connectivity index (χ4n) is 8.25. The van der Waals surface area contributed by atoms with E-state index in [2.05, 4.69) is 86.8 Å². The number of carbonyl (C=O) groups excluding carboxylic acids is 2. The summed E-state index contributed by atoms with van der Waals surface area (Å²) in [4.78, 5) is 26.2. The van der Waals surface area contributed by atoms with Gasteiger partial charge in [0, 0.05) is 6.42 Å². The number of aliphatic hydroxyl groups is 2. The number of unbranched alkanes of at least 4 members (excludes halogenated alkanes) is 30. The zero-order valence-corrected chi connectivity index (χ0v) is 42.4. The van der Waals surface area contributed by atoms with Crippen molar-refractivity contribution in [2.45, 2.75) is 289 Å². The molecule has 0 aliphatic heterocycles. The van der Waals surface area contributed by atoms with E-state index >= 15 is 0 Å². The highest BCUT2D eigenvalue weighted by Crippen LogP contribution is 2.18. The van der Waals surface area contributed by atoms with Crippen LogP contribution in [-0.4, -0.2) is 46.9 Å². The molecule has 0 aromatic heterocycles. The minimum Gasteiger partial charge on any atom is -0.462 e. The molecule has 0 saturated heterocycles. The lowest BCUT2D eigenvalue weighted by Gasteiger charge is -2.24. The van der Waals surface area contributed by atoms with Gasteiger partial charge in [-0.3, -0.25) is 9.59 Å². The SMILES string of the molecule is CC/C=C/C=C/C=C/CCCCCCCC(CC(=O)NC(CO)C(O)CCCCCCCCCCCCCCCCCC)OC(=O)CCCCC/C=C/C=C/CCCCCCCCC. The third-order valence-electron chi connectivity index (χ3n) is 12.4. The van der Waals surface area contributed by atoms with Crippen molar-refractivity contribution in [3.05, 3.63) is 60.8 Å². The summed E-state index contributed by atoms with van der Waals surface area (Å²) in [5.74, 6) is -0.521. The fraction of sp³-hybridized carbons (Fsp3) is 0.793. The van der Waals surface area contributed by atoms with E-state index < -0.39 is 18.2 Å². The molecule has 0 spiro atoms. The molecule has 0 aliphatic carbocycles. The summed E-state index contributed by atoms with van der Waals surface area (Å²) < 4.78 is 5.92. The molecule has 64 heavy (non-hydrogen) atoms. The van der Waals surface area contributed by atoms with Gasteiger partial charge in [-0.15, -0.1) is 0 Å². The highest BCUT2D eigenvalue weighted by molar-refractivity contribution is 5.77. The van der Waals surface area contributed by atoms with Crippen LogP contribution in [0, 0.1) is 0 Å². The Hall–Kier alpha value is -2.44. The van der Waals surface area contributed by atoms with Crippen LogP contribution in [0.1, 0.15) is 271 Å². The molecular weight excluding hydrogens is 791 g/mol. The molecule has 3 atom stereocenters. The number of aliphatic hydroxyl groups excluding tert-OH is 2. The smallest absolute Gasteiger partial charge is 0.306 e. The minimum absolute atomic E-state index is 0.0526. The van der Waals surface area contributed by atoms with E-state index in [4.69, 9.17) is 4.74 Å². The van der Waals surface area contributed by atoms with Crippen LogP contribution in [0.25, 0.3) is 0 Å². The average molecular weight is 896 g/mol. The predicted molar refractivity (Wildman–Crippen MR) is 278 cm³/mol. The first-order valence-corrected chi connectivity index (χ1v) is 27.6. The maximum Gasteiger partial charge on any atom is 0.306 e. The van der Waals surface area contributed by atoms with Gasteiger partial charge >= 0.3 is 5.97 Å². The monoisotopic (exact) mass is 896 g/mol. The summed E-state index contributed by atoms with van der Waals surface area (Å²) in [7, 11) is 0. The van der Waals surface area contributed by atoms with E-state index in [0.29, 0.717) is 19.3 Å². The van der Waals surface area contributed by atoms with Crippen LogP contribution in [0.3, 0.4) is 0 Å². The number of hydrogen-bond acceptors (Lipinski definition) is 5. The van der Waals surface area contributed by atoms with Crippen molar-refractivity contribution in [1.29, 1.82) is 0 Å². The molecular formula is C58H105NO5. The van der Waals surface area contributed by atoms with Crippen molar-refractivity contribution in [2.75, 3.05) is 6.61 Å². The normalized spacial score (nSPS) is 13.6. The summed E-state index contributed by atoms with van der Waals surface area (Å²) in [5.41, 5.74) is 0. The molecule has 0 heterocycles. The lowest BCUT2D eigenvalue weighted by atomic mass is 10.0. The second-order valence-corrected chi connectivity index (χ2v) is 18.7. The Bertz CT molecular complexity index is 1140. The van der Waals surface area contributed by atoms with Gasteiger partial charge in [0.1, 0.15) is 6.10 Å². The molecule has 0 rings (SSSR count). The van der Waals surface area contributed by atoms with E-state index in [9.17, 15) is 19.8 Å². The molecule has 0 aromatic carbocycles. The molecule has 0 fully saturated rings. The highest BCUT2D eigenvalue weighted by atomic mass is 16.5. The van der Waals surface area contributed by atoms with Gasteiger partial charge in [-0.2, -0.15) is 0 Å². The van der Waals surface area contributed by atoms with Crippen LogP contribution in [0.15, 0.2) is 60.8 Å². The van der Waals surface area contributed by atoms with Gasteiger partial charge in [-0.1, -0.05) is 248 Å². The van der Waals surface area contributed by atoms with Gasteiger partial charge < -0.3 is 20.3 Å². The Morgan fingerprint density at radius 3 is 1.28 bits per heavy atom. The molecule has 1 amide bonds. The molecule has 0 aliphatic rings. The lowest BCUT2D eigenvalue weighted by molar-refractivity contribution is -0.151. The topological polar surface area (TPSA) is 95.9 Å². The summed E-state index contributed by atoms with van der Waals surface area (Å²) >= 11 is 0. The van der Waals surface area contributed by atoms with Gasteiger partial charge in [0.2, 0.25) is 5.91 Å². The third kappa shape index (κ3) is 46.1. The van der Waals surface area contributed by atoms with E-state index in [1.54, 1.807) is 0 Å². The first-order valence-electron chi connectivity index (χ1n) is 27.6. The van der Waals surface area contributed by atoms with Crippen LogP contribution < -0.4 is 5.32 Å². The van der Waals surface area contributed by atoms with Gasteiger partial charge in [-0.25, -0.2) is 0 Å². The van der Waals surface area contributed by atoms with Gasteiger partial charge in [0.15, 0.2) is 0 Å². The number of hydrogen-bond donors (Lipinski definition) is 3. The highest BCUT2D eigenvalue weighted by Gasteiger charge is 2.24. The van der Waals surface area contributed by atoms with Gasteiger partial charge in [0.25, 0.3) is 0 Å². The van der Waals surface area contributed by atoms with Crippen molar-refractivity contribution < 1.29 is 24.5 Å². The standard InChI is InChI=1S/C58H105NO5/c1-4-7-10-13-16-19-22-25-27-29-32-35-38-41-44-47-50-56(61)55(53-60)59-57(62)52-54(49-46-43-40-37-34-31-24-21-18-15-12-9-6-3)64-58(63)51-48-45-42-39-36-33-30-28-26-23-20-17-14-11-8-5-2/h9,12,15,18,21,24,28,30,33,36,54-56,60-61H,4-8,10-11,13-14,16-17,19-20,22-23,25-27,29,31-32,34-35,37-53H2,1-3H3,(H,59,62)/b12-9+,18-15+,24-21+,30-28+,36-33+. The largest absolute Gasteiger partial charge is 0.462 e. The number of allylic oxidation sites excluding steroid dienone is 10. The van der Waals surface area contributed by atoms with Crippen LogP contribution in [0.2, 0.25) is 0 Å². The number of carbonyl (C=O) groups is 2. The number of amides is 1. The zero-order chi connectivity index (χ0) is 46.7. The summed E-state index contributed by atoms with van der Waals surface area (Å²) in [6.07, 6.45) is 64.3. The summed E-state index contributed by atoms with van der Waals surface area (Å²) in [6, 6.07) is -0.716. The Morgan fingerprint density at radius 2 is 0.844 bits per heavy atom. The second kappa shape index (κ2) is 51.5. The van der Waals surface area contributed by atoms with Gasteiger partial charge in [0.05, 0.1) is 25.2 Å². The van der Waals surface area contributed by atoms with Crippen LogP contribution in [-0.2, 0) is 14.3 Å². The fourth-order valence-corrected chi connectivity index (χ4v) is 8.25. The van der Waals surface area contributed by atoms with E-state index in [1.165, 1.54) is 128 Å². The van der Waals surface area contributed by atoms with Crippen molar-refractivity contribution >= 4 is 11.9 Å². The quantitative estimate of drug-likeness (QED) is 0.0321. The maximum absolute atomic E-state index is 13.2. The molecule has 3 unspecified atom stereocenters. The molecule has 6 nitrogen and oxygen atoms in total. The second-order valence-electron chi connectivity index (χ2n) is 18.7. The van der Waals surface area contributed by atoms with Crippen molar-refractivity contribution in [3.8, 4) is 0 Å². The van der Waals surface area contributed by atoms with Crippen LogP contribution in [0.4, 0.5) is 0 Å². The average Bonchev–Trinajstić information content (AvgIpc) is 3.29. The Morgan fingerprint density at radius 1 is 0.469 bits per heavy atom. The maximum atomic E-state index is 13.2. The van der Waals surface area contributed by atoms with Crippen molar-refractivity contribution in [1.82, 2.24) is 5.32 Å². The molecule has 3 N–H and O–H groups in total. The Labute approximate surface area is 397 Å². The first kappa shape index (κ1) is 61.6. The first-order chi connectivity index (χ1) is 31.5. The Balaban J connectivity index is 4.59. The summed E-state index contributed by atoms with van der Waals surface area (Å²) in [5, 5.41) is 23.8. The third-order valence-corrected chi connectivity index (χ3v) is 12.4. The number of rotatable bonds is 49. The summed E-state index contributed by atoms with van der Waals surface area (Å²) in [6.45, 7) is 6.35. The number of nitrogens with one attached hydrogen (secondary N) is 1.